The van der Waals surface area contributed by atoms with Gasteiger partial charge in [0.15, 0.2) is 11.6 Å². The molecule has 0 saturated heterocycles. The average Bonchev–Trinajstić information content (AvgIpc) is 3.93. The zero-order valence-corrected chi connectivity index (χ0v) is 32.4. The lowest BCUT2D eigenvalue weighted by atomic mass is 10.0. The molecule has 0 aliphatic carbocycles. The molecule has 0 radical (unpaired) electrons. The standard InChI is InChI=1S/C51H30BrN5O/c52-41-20-12-22-47-48(41)40-28-34(24-26-46(40)58-47)33-23-25-43-37(27-33)39-30-44-38(36-19-10-11-21-42(36)56(44)35-17-8-3-9-18-35)29-45(39)57(43)51-54-49(31-13-4-1-5-14-31)53-50(55-51)32-15-6-2-7-16-32/h1-30H. The summed E-state index contributed by atoms with van der Waals surface area (Å²) >= 11 is 3.78. The molecule has 0 spiro atoms. The first-order valence-electron chi connectivity index (χ1n) is 19.2. The first kappa shape index (κ1) is 32.9. The van der Waals surface area contributed by atoms with Crippen molar-refractivity contribution in [3.8, 4) is 45.5 Å². The van der Waals surface area contributed by atoms with Gasteiger partial charge in [0.2, 0.25) is 5.95 Å². The maximum Gasteiger partial charge on any atom is 0.238 e. The first-order chi connectivity index (χ1) is 28.7. The fourth-order valence-corrected chi connectivity index (χ4v) is 9.15. The number of benzene rings is 8. The summed E-state index contributed by atoms with van der Waals surface area (Å²) in [4.78, 5) is 15.5. The first-order valence-corrected chi connectivity index (χ1v) is 20.0. The lowest BCUT2D eigenvalue weighted by Gasteiger charge is -2.11. The molecule has 0 aliphatic rings. The summed E-state index contributed by atoms with van der Waals surface area (Å²) in [6.45, 7) is 0. The number of fused-ring (bicyclic) bond motifs is 9. The molecular weight excluding hydrogens is 778 g/mol. The van der Waals surface area contributed by atoms with Gasteiger partial charge in [0.05, 0.1) is 22.1 Å². The number of furan rings is 1. The second kappa shape index (κ2) is 12.8. The molecule has 4 aromatic heterocycles. The molecule has 0 fully saturated rings. The van der Waals surface area contributed by atoms with E-state index in [0.717, 1.165) is 92.6 Å². The van der Waals surface area contributed by atoms with Gasteiger partial charge in [-0.25, -0.2) is 4.98 Å². The van der Waals surface area contributed by atoms with Gasteiger partial charge in [-0.05, 0) is 77.9 Å². The minimum absolute atomic E-state index is 0.558. The smallest absolute Gasteiger partial charge is 0.238 e. The second-order valence-electron chi connectivity index (χ2n) is 14.6. The van der Waals surface area contributed by atoms with Crippen LogP contribution in [0.5, 0.6) is 0 Å². The van der Waals surface area contributed by atoms with Crippen LogP contribution in [0.3, 0.4) is 0 Å². The molecule has 12 aromatic rings. The molecular formula is C51H30BrN5O. The van der Waals surface area contributed by atoms with Gasteiger partial charge in [0.1, 0.15) is 11.2 Å². The van der Waals surface area contributed by atoms with Crippen LogP contribution >= 0.6 is 15.9 Å². The van der Waals surface area contributed by atoms with Gasteiger partial charge in [0, 0.05) is 53.6 Å². The Morgan fingerprint density at radius 2 is 0.948 bits per heavy atom. The van der Waals surface area contributed by atoms with Crippen molar-refractivity contribution in [1.82, 2.24) is 24.1 Å². The van der Waals surface area contributed by atoms with Crippen LogP contribution in [0.1, 0.15) is 0 Å². The minimum atomic E-state index is 0.558. The summed E-state index contributed by atoms with van der Waals surface area (Å²) < 4.78 is 11.8. The summed E-state index contributed by atoms with van der Waals surface area (Å²) in [5.41, 5.74) is 11.2. The number of hydrogen-bond donors (Lipinski definition) is 0. The largest absolute Gasteiger partial charge is 0.456 e. The zero-order valence-electron chi connectivity index (χ0n) is 30.8. The van der Waals surface area contributed by atoms with Crippen molar-refractivity contribution < 1.29 is 4.42 Å². The Hall–Kier alpha value is -7.35. The van der Waals surface area contributed by atoms with E-state index in [-0.39, 0.29) is 0 Å². The normalized spacial score (nSPS) is 11.9. The van der Waals surface area contributed by atoms with Crippen LogP contribution in [-0.4, -0.2) is 24.1 Å². The van der Waals surface area contributed by atoms with Gasteiger partial charge in [-0.2, -0.15) is 9.97 Å². The van der Waals surface area contributed by atoms with Gasteiger partial charge < -0.3 is 8.98 Å². The van der Waals surface area contributed by atoms with Gasteiger partial charge in [-0.3, -0.25) is 4.57 Å². The van der Waals surface area contributed by atoms with Crippen LogP contribution in [0.4, 0.5) is 0 Å². The van der Waals surface area contributed by atoms with Crippen molar-refractivity contribution in [2.75, 3.05) is 0 Å². The SMILES string of the molecule is Brc1cccc2oc3ccc(-c4ccc5c(c4)c4cc6c(cc4n5-c4nc(-c5ccccc5)nc(-c5ccccc5)n4)c4ccccc4n6-c4ccccc4)cc3c12. The second-order valence-corrected chi connectivity index (χ2v) is 15.4. The highest BCUT2D eigenvalue weighted by Crippen LogP contribution is 2.42. The van der Waals surface area contributed by atoms with Crippen molar-refractivity contribution >= 4 is 81.5 Å². The monoisotopic (exact) mass is 807 g/mol. The Kier molecular flexibility index (Phi) is 7.28. The summed E-state index contributed by atoms with van der Waals surface area (Å²) in [7, 11) is 0. The van der Waals surface area contributed by atoms with E-state index in [1.807, 2.05) is 72.8 Å². The number of halogens is 1. The molecule has 0 atom stereocenters. The zero-order chi connectivity index (χ0) is 38.3. The molecule has 0 saturated carbocycles. The number of aromatic nitrogens is 5. The van der Waals surface area contributed by atoms with E-state index in [4.69, 9.17) is 19.4 Å². The van der Waals surface area contributed by atoms with Crippen LogP contribution < -0.4 is 0 Å². The quantitative estimate of drug-likeness (QED) is 0.174. The van der Waals surface area contributed by atoms with E-state index >= 15 is 0 Å². The van der Waals surface area contributed by atoms with Crippen LogP contribution in [0.15, 0.2) is 191 Å². The Morgan fingerprint density at radius 3 is 1.67 bits per heavy atom. The van der Waals surface area contributed by atoms with E-state index in [1.165, 1.54) is 5.39 Å². The molecule has 0 aliphatic heterocycles. The molecule has 12 rings (SSSR count). The summed E-state index contributed by atoms with van der Waals surface area (Å²) in [6, 6.07) is 63.5. The van der Waals surface area contributed by atoms with Crippen molar-refractivity contribution in [2.45, 2.75) is 0 Å². The lowest BCUT2D eigenvalue weighted by molar-refractivity contribution is 0.669. The Morgan fingerprint density at radius 1 is 0.379 bits per heavy atom. The van der Waals surface area contributed by atoms with Gasteiger partial charge >= 0.3 is 0 Å². The average molecular weight is 809 g/mol. The Labute approximate surface area is 340 Å². The predicted octanol–water partition coefficient (Wildman–Crippen LogP) is 13.7. The molecule has 0 unspecified atom stereocenters. The molecule has 0 bridgehead atoms. The highest BCUT2D eigenvalue weighted by molar-refractivity contribution is 9.10. The molecule has 6 nitrogen and oxygen atoms in total. The molecule has 0 amide bonds. The number of para-hydroxylation sites is 2. The Balaban J connectivity index is 1.18. The summed E-state index contributed by atoms with van der Waals surface area (Å²) in [5, 5.41) is 6.68. The van der Waals surface area contributed by atoms with E-state index in [1.54, 1.807) is 0 Å². The maximum atomic E-state index is 6.25. The van der Waals surface area contributed by atoms with E-state index in [9.17, 15) is 0 Å². The topological polar surface area (TPSA) is 61.7 Å². The molecule has 0 N–H and O–H groups in total. The lowest BCUT2D eigenvalue weighted by Crippen LogP contribution is -2.06. The van der Waals surface area contributed by atoms with Gasteiger partial charge in [-0.15, -0.1) is 0 Å². The van der Waals surface area contributed by atoms with Crippen molar-refractivity contribution in [3.05, 3.63) is 186 Å². The van der Waals surface area contributed by atoms with Gasteiger partial charge in [-0.1, -0.05) is 131 Å². The third-order valence-electron chi connectivity index (χ3n) is 11.2. The van der Waals surface area contributed by atoms with Crippen LogP contribution in [0, 0.1) is 0 Å². The highest BCUT2D eigenvalue weighted by Gasteiger charge is 2.22. The van der Waals surface area contributed by atoms with Crippen molar-refractivity contribution in [2.24, 2.45) is 0 Å². The molecule has 272 valence electrons. The number of rotatable bonds is 5. The Bertz CT molecular complexity index is 3510. The van der Waals surface area contributed by atoms with E-state index in [0.29, 0.717) is 17.6 Å². The molecule has 58 heavy (non-hydrogen) atoms. The number of hydrogen-bond acceptors (Lipinski definition) is 4. The molecule has 7 heteroatoms. The predicted molar refractivity (Wildman–Crippen MR) is 240 cm³/mol. The van der Waals surface area contributed by atoms with Crippen molar-refractivity contribution in [1.29, 1.82) is 0 Å². The fourth-order valence-electron chi connectivity index (χ4n) is 8.59. The fraction of sp³-hybridized carbons (Fsp3) is 0. The maximum absolute atomic E-state index is 6.25. The van der Waals surface area contributed by atoms with Crippen LogP contribution in [-0.2, 0) is 0 Å². The van der Waals surface area contributed by atoms with Gasteiger partial charge in [0.25, 0.3) is 0 Å². The third kappa shape index (κ3) is 5.07. The molecule has 8 aromatic carbocycles. The van der Waals surface area contributed by atoms with Crippen LogP contribution in [0.25, 0.3) is 111 Å². The van der Waals surface area contributed by atoms with Crippen molar-refractivity contribution in [3.63, 3.8) is 0 Å². The van der Waals surface area contributed by atoms with E-state index < -0.39 is 0 Å². The molecule has 4 heterocycles. The minimum Gasteiger partial charge on any atom is -0.456 e. The summed E-state index contributed by atoms with van der Waals surface area (Å²) in [6.07, 6.45) is 0. The third-order valence-corrected chi connectivity index (χ3v) is 11.9. The highest BCUT2D eigenvalue weighted by atomic mass is 79.9. The van der Waals surface area contributed by atoms with E-state index in [2.05, 4.69) is 134 Å². The van der Waals surface area contributed by atoms with Crippen LogP contribution in [0.2, 0.25) is 0 Å². The number of nitrogens with zero attached hydrogens (tertiary/aromatic N) is 5. The summed E-state index contributed by atoms with van der Waals surface area (Å²) in [5.74, 6) is 1.79.